The number of rotatable bonds is 3. The van der Waals surface area contributed by atoms with Crippen LogP contribution >= 0.6 is 0 Å². The number of anilines is 1. The van der Waals surface area contributed by atoms with Crippen LogP contribution in [0.1, 0.15) is 36.8 Å². The van der Waals surface area contributed by atoms with Gasteiger partial charge in [-0.15, -0.1) is 0 Å². The van der Waals surface area contributed by atoms with Gasteiger partial charge in [-0.3, -0.25) is 0 Å². The zero-order chi connectivity index (χ0) is 13.4. The third kappa shape index (κ3) is 3.65. The van der Waals surface area contributed by atoms with Crippen LogP contribution in [0.5, 0.6) is 5.88 Å². The molecule has 0 radical (unpaired) electrons. The molecule has 0 amide bonds. The molecule has 0 atom stereocenters. The minimum Gasteiger partial charge on any atom is -0.477 e. The Morgan fingerprint density at radius 2 is 2.24 bits per heavy atom. The zero-order valence-electron chi connectivity index (χ0n) is 10.0. The minimum absolute atomic E-state index is 0.0441. The van der Waals surface area contributed by atoms with E-state index >= 15 is 0 Å². The highest BCUT2D eigenvalue weighted by Gasteiger charge is 2.14. The molecule has 0 fully saturated rings. The molecule has 0 unspecified atom stereocenters. The van der Waals surface area contributed by atoms with Crippen molar-refractivity contribution in [3.05, 3.63) is 17.3 Å². The van der Waals surface area contributed by atoms with Gasteiger partial charge in [0.2, 0.25) is 5.88 Å². The summed E-state index contributed by atoms with van der Waals surface area (Å²) < 4.78 is 5.02. The third-order valence-corrected chi connectivity index (χ3v) is 1.63. The van der Waals surface area contributed by atoms with Gasteiger partial charge in [-0.25, -0.2) is 9.78 Å². The molecule has 0 spiro atoms. The molecule has 0 aliphatic heterocycles. The highest BCUT2D eigenvalue weighted by molar-refractivity contribution is 5.87. The smallest absolute Gasteiger partial charge is 0.354 e. The Morgan fingerprint density at radius 1 is 1.65 bits per heavy atom. The number of aromatic nitrogens is 1. The molecule has 3 N–H and O–H groups in total. The normalized spacial score (nSPS) is 8.59. The van der Waals surface area contributed by atoms with Gasteiger partial charge in [0.05, 0.1) is 12.3 Å². The molecular formula is C11H15N3O3. The zero-order valence-corrected chi connectivity index (χ0v) is 10.0. The Kier molecular flexibility index (Phi) is 6.11. The predicted molar refractivity (Wildman–Crippen MR) is 62.8 cm³/mol. The second-order valence-electron chi connectivity index (χ2n) is 2.63. The van der Waals surface area contributed by atoms with Crippen molar-refractivity contribution in [1.82, 2.24) is 4.98 Å². The number of nitrogens with zero attached hydrogens (tertiary/aromatic N) is 2. The van der Waals surface area contributed by atoms with E-state index in [0.29, 0.717) is 0 Å². The van der Waals surface area contributed by atoms with Crippen LogP contribution in [-0.2, 0) is 0 Å². The SMILES string of the molecule is CC.CCOc1nc(C(=O)O)cc(N)c1C#N. The van der Waals surface area contributed by atoms with E-state index < -0.39 is 5.97 Å². The number of carbonyl (C=O) groups is 1. The standard InChI is InChI=1S/C9H9N3O3.C2H6/c1-2-15-8-5(4-10)6(11)3-7(12-8)9(13)14;1-2/h3H,2H2,1H3,(H2,11,12)(H,13,14);1-2H3. The topological polar surface area (TPSA) is 109 Å². The van der Waals surface area contributed by atoms with Crippen LogP contribution in [0.15, 0.2) is 6.07 Å². The van der Waals surface area contributed by atoms with E-state index in [1.807, 2.05) is 19.9 Å². The van der Waals surface area contributed by atoms with E-state index in [2.05, 4.69) is 4.98 Å². The highest BCUT2D eigenvalue weighted by Crippen LogP contribution is 2.22. The first-order chi connectivity index (χ1) is 8.10. The quantitative estimate of drug-likeness (QED) is 0.827. The van der Waals surface area contributed by atoms with Crippen molar-refractivity contribution in [1.29, 1.82) is 5.26 Å². The molecule has 6 nitrogen and oxygen atoms in total. The molecule has 1 aromatic rings. The van der Waals surface area contributed by atoms with Crippen molar-refractivity contribution < 1.29 is 14.6 Å². The highest BCUT2D eigenvalue weighted by atomic mass is 16.5. The van der Waals surface area contributed by atoms with E-state index in [9.17, 15) is 4.79 Å². The first kappa shape index (κ1) is 14.7. The molecule has 0 aromatic carbocycles. The van der Waals surface area contributed by atoms with Gasteiger partial charge in [0, 0.05) is 0 Å². The molecule has 1 rings (SSSR count). The summed E-state index contributed by atoms with van der Waals surface area (Å²) in [4.78, 5) is 14.3. The van der Waals surface area contributed by atoms with E-state index in [0.717, 1.165) is 6.07 Å². The number of carboxylic acids is 1. The number of carboxylic acid groups (broad SMARTS) is 1. The lowest BCUT2D eigenvalue weighted by molar-refractivity contribution is 0.0689. The van der Waals surface area contributed by atoms with E-state index in [1.54, 1.807) is 6.92 Å². The van der Waals surface area contributed by atoms with Crippen molar-refractivity contribution in [2.45, 2.75) is 20.8 Å². The fourth-order valence-corrected chi connectivity index (χ4v) is 1.00. The van der Waals surface area contributed by atoms with Crippen molar-refractivity contribution in [3.8, 4) is 11.9 Å². The van der Waals surface area contributed by atoms with Crippen molar-refractivity contribution in [2.24, 2.45) is 0 Å². The van der Waals surface area contributed by atoms with Crippen LogP contribution in [-0.4, -0.2) is 22.7 Å². The lowest BCUT2D eigenvalue weighted by Crippen LogP contribution is -2.07. The number of pyridine rings is 1. The van der Waals surface area contributed by atoms with E-state index in [4.69, 9.17) is 20.8 Å². The third-order valence-electron chi connectivity index (χ3n) is 1.63. The molecule has 0 saturated heterocycles. The number of nitrogens with two attached hydrogens (primary N) is 1. The maximum Gasteiger partial charge on any atom is 0.354 e. The van der Waals surface area contributed by atoms with Crippen LogP contribution in [0.3, 0.4) is 0 Å². The maximum absolute atomic E-state index is 10.7. The minimum atomic E-state index is -1.22. The van der Waals surface area contributed by atoms with Crippen LogP contribution in [0.2, 0.25) is 0 Å². The van der Waals surface area contributed by atoms with Crippen LogP contribution in [0.25, 0.3) is 0 Å². The fourth-order valence-electron chi connectivity index (χ4n) is 1.00. The summed E-state index contributed by atoms with van der Waals surface area (Å²) in [5, 5.41) is 17.5. The van der Waals surface area contributed by atoms with Crippen molar-refractivity contribution in [2.75, 3.05) is 12.3 Å². The largest absolute Gasteiger partial charge is 0.477 e. The van der Waals surface area contributed by atoms with Gasteiger partial charge in [-0.2, -0.15) is 5.26 Å². The number of hydrogen-bond acceptors (Lipinski definition) is 5. The number of hydrogen-bond donors (Lipinski definition) is 2. The number of ether oxygens (including phenoxy) is 1. The molecule has 1 aromatic heterocycles. The molecule has 1 heterocycles. The van der Waals surface area contributed by atoms with Gasteiger partial charge < -0.3 is 15.6 Å². The van der Waals surface area contributed by atoms with E-state index in [-0.39, 0.29) is 29.4 Å². The summed E-state index contributed by atoms with van der Waals surface area (Å²) in [5.74, 6) is -1.26. The van der Waals surface area contributed by atoms with Gasteiger partial charge in [0.25, 0.3) is 0 Å². The average molecular weight is 237 g/mol. The van der Waals surface area contributed by atoms with Crippen LogP contribution in [0, 0.1) is 11.3 Å². The summed E-state index contributed by atoms with van der Waals surface area (Å²) >= 11 is 0. The van der Waals surface area contributed by atoms with Crippen LogP contribution in [0.4, 0.5) is 5.69 Å². The Labute approximate surface area is 99.6 Å². The van der Waals surface area contributed by atoms with Gasteiger partial charge in [0.1, 0.15) is 11.6 Å². The molecule has 17 heavy (non-hydrogen) atoms. The first-order valence-electron chi connectivity index (χ1n) is 5.16. The second kappa shape index (κ2) is 7.06. The van der Waals surface area contributed by atoms with Crippen LogP contribution < -0.4 is 10.5 Å². The lowest BCUT2D eigenvalue weighted by Gasteiger charge is -2.07. The molecule has 0 aliphatic rings. The molecular weight excluding hydrogens is 222 g/mol. The van der Waals surface area contributed by atoms with Crippen molar-refractivity contribution >= 4 is 11.7 Å². The molecule has 0 aliphatic carbocycles. The number of nitrogen functional groups attached to an aromatic ring is 1. The first-order valence-corrected chi connectivity index (χ1v) is 5.16. The molecule has 6 heteroatoms. The summed E-state index contributed by atoms with van der Waals surface area (Å²) in [7, 11) is 0. The number of aromatic carboxylic acids is 1. The van der Waals surface area contributed by atoms with Crippen molar-refractivity contribution in [3.63, 3.8) is 0 Å². The van der Waals surface area contributed by atoms with Gasteiger partial charge in [0.15, 0.2) is 5.69 Å². The Bertz CT molecular complexity index is 438. The van der Waals surface area contributed by atoms with E-state index in [1.165, 1.54) is 0 Å². The predicted octanol–water partition coefficient (Wildman–Crippen LogP) is 1.66. The average Bonchev–Trinajstić information content (AvgIpc) is 2.31. The van der Waals surface area contributed by atoms with Gasteiger partial charge in [-0.1, -0.05) is 13.8 Å². The summed E-state index contributed by atoms with van der Waals surface area (Å²) in [6.45, 7) is 5.98. The summed E-state index contributed by atoms with van der Waals surface area (Å²) in [6, 6.07) is 2.94. The lowest BCUT2D eigenvalue weighted by atomic mass is 10.2. The fraction of sp³-hybridized carbons (Fsp3) is 0.364. The molecule has 0 saturated carbocycles. The Balaban J connectivity index is 0.00000121. The summed E-state index contributed by atoms with van der Waals surface area (Å²) in [5.41, 5.74) is 5.36. The number of nitriles is 1. The maximum atomic E-state index is 10.7. The molecule has 92 valence electrons. The second-order valence-corrected chi connectivity index (χ2v) is 2.63. The van der Waals surface area contributed by atoms with Gasteiger partial charge in [-0.05, 0) is 13.0 Å². The Morgan fingerprint density at radius 3 is 2.65 bits per heavy atom. The summed E-state index contributed by atoms with van der Waals surface area (Å²) in [6.07, 6.45) is 0. The molecule has 0 bridgehead atoms. The Hall–Kier alpha value is -2.29. The monoisotopic (exact) mass is 237 g/mol. The van der Waals surface area contributed by atoms with Gasteiger partial charge >= 0.3 is 5.97 Å².